The average Bonchev–Trinajstić information content (AvgIpc) is 2.76. The number of aliphatic carboxylic acids is 1. The molecule has 0 aromatic rings. The SMILES string of the molecule is CC(C)(C)C(=O)NCCC(=O)N1CCCC1C(=O)O. The zero-order valence-corrected chi connectivity index (χ0v) is 11.7. The topological polar surface area (TPSA) is 86.7 Å². The van der Waals surface area contributed by atoms with Gasteiger partial charge in [-0.25, -0.2) is 4.79 Å². The van der Waals surface area contributed by atoms with Crippen LogP contribution in [0.4, 0.5) is 0 Å². The minimum Gasteiger partial charge on any atom is -0.480 e. The molecule has 108 valence electrons. The molecule has 1 rings (SSSR count). The van der Waals surface area contributed by atoms with Crippen LogP contribution in [0.5, 0.6) is 0 Å². The van der Waals surface area contributed by atoms with Gasteiger partial charge in [-0.2, -0.15) is 0 Å². The Labute approximate surface area is 113 Å². The van der Waals surface area contributed by atoms with Gasteiger partial charge in [0.05, 0.1) is 0 Å². The number of likely N-dealkylation sites (tertiary alicyclic amines) is 1. The Morgan fingerprint density at radius 2 is 1.95 bits per heavy atom. The minimum absolute atomic E-state index is 0.114. The summed E-state index contributed by atoms with van der Waals surface area (Å²) in [6, 6.07) is -0.703. The van der Waals surface area contributed by atoms with E-state index in [1.165, 1.54) is 4.90 Å². The second-order valence-electron chi connectivity index (χ2n) is 5.84. The molecule has 0 radical (unpaired) electrons. The van der Waals surface area contributed by atoms with Crippen molar-refractivity contribution in [2.45, 2.75) is 46.1 Å². The van der Waals surface area contributed by atoms with Crippen molar-refractivity contribution in [2.75, 3.05) is 13.1 Å². The molecule has 0 aromatic carbocycles. The van der Waals surface area contributed by atoms with Crippen LogP contribution in [-0.4, -0.2) is 46.9 Å². The number of rotatable bonds is 4. The maximum absolute atomic E-state index is 11.9. The molecule has 0 aromatic heterocycles. The summed E-state index contributed by atoms with van der Waals surface area (Å²) in [6.07, 6.45) is 1.37. The van der Waals surface area contributed by atoms with E-state index in [1.54, 1.807) is 20.8 Å². The predicted octanol–water partition coefficient (Wildman–Crippen LogP) is 0.614. The van der Waals surface area contributed by atoms with E-state index < -0.39 is 17.4 Å². The van der Waals surface area contributed by atoms with Crippen LogP contribution in [0.1, 0.15) is 40.0 Å². The van der Waals surface area contributed by atoms with Crippen LogP contribution in [0.2, 0.25) is 0 Å². The number of carboxylic acid groups (broad SMARTS) is 1. The van der Waals surface area contributed by atoms with Crippen LogP contribution >= 0.6 is 0 Å². The Hall–Kier alpha value is -1.59. The smallest absolute Gasteiger partial charge is 0.326 e. The summed E-state index contributed by atoms with van der Waals surface area (Å²) < 4.78 is 0. The highest BCUT2D eigenvalue weighted by Crippen LogP contribution is 2.18. The first-order chi connectivity index (χ1) is 8.73. The van der Waals surface area contributed by atoms with E-state index in [1.807, 2.05) is 0 Å². The van der Waals surface area contributed by atoms with Gasteiger partial charge in [-0.1, -0.05) is 20.8 Å². The van der Waals surface area contributed by atoms with Crippen LogP contribution in [0, 0.1) is 5.41 Å². The molecule has 6 nitrogen and oxygen atoms in total. The third-order valence-electron chi connectivity index (χ3n) is 3.16. The summed E-state index contributed by atoms with van der Waals surface area (Å²) in [7, 11) is 0. The predicted molar refractivity (Wildman–Crippen MR) is 69.5 cm³/mol. The molecule has 1 heterocycles. The Kier molecular flexibility index (Phi) is 4.91. The molecule has 0 bridgehead atoms. The first kappa shape index (κ1) is 15.5. The fourth-order valence-electron chi connectivity index (χ4n) is 2.01. The number of carboxylic acids is 1. The molecule has 1 aliphatic rings. The van der Waals surface area contributed by atoms with Crippen molar-refractivity contribution < 1.29 is 19.5 Å². The quantitative estimate of drug-likeness (QED) is 0.783. The van der Waals surface area contributed by atoms with E-state index in [4.69, 9.17) is 5.11 Å². The van der Waals surface area contributed by atoms with Gasteiger partial charge in [0, 0.05) is 24.9 Å². The number of carbonyl (C=O) groups excluding carboxylic acids is 2. The number of amides is 2. The van der Waals surface area contributed by atoms with E-state index >= 15 is 0 Å². The Morgan fingerprint density at radius 1 is 1.32 bits per heavy atom. The van der Waals surface area contributed by atoms with E-state index in [9.17, 15) is 14.4 Å². The normalized spacial score (nSPS) is 19.3. The highest BCUT2D eigenvalue weighted by Gasteiger charge is 2.33. The van der Waals surface area contributed by atoms with Crippen molar-refractivity contribution in [1.29, 1.82) is 0 Å². The van der Waals surface area contributed by atoms with Gasteiger partial charge in [0.2, 0.25) is 11.8 Å². The Balaban J connectivity index is 2.40. The fourth-order valence-corrected chi connectivity index (χ4v) is 2.01. The molecular weight excluding hydrogens is 248 g/mol. The summed E-state index contributed by atoms with van der Waals surface area (Å²) in [5.74, 6) is -1.28. The van der Waals surface area contributed by atoms with Crippen LogP contribution in [0.15, 0.2) is 0 Å². The van der Waals surface area contributed by atoms with Gasteiger partial charge in [0.25, 0.3) is 0 Å². The maximum Gasteiger partial charge on any atom is 0.326 e. The van der Waals surface area contributed by atoms with Crippen molar-refractivity contribution in [3.8, 4) is 0 Å². The number of nitrogens with zero attached hydrogens (tertiary/aromatic N) is 1. The van der Waals surface area contributed by atoms with E-state index in [0.717, 1.165) is 6.42 Å². The molecule has 2 N–H and O–H groups in total. The molecule has 1 unspecified atom stereocenters. The van der Waals surface area contributed by atoms with Gasteiger partial charge in [-0.15, -0.1) is 0 Å². The van der Waals surface area contributed by atoms with Crippen molar-refractivity contribution in [3.05, 3.63) is 0 Å². The molecule has 19 heavy (non-hydrogen) atoms. The van der Waals surface area contributed by atoms with Gasteiger partial charge >= 0.3 is 5.97 Å². The van der Waals surface area contributed by atoms with Gasteiger partial charge in [0.15, 0.2) is 0 Å². The Bertz CT molecular complexity index is 373. The van der Waals surface area contributed by atoms with Crippen LogP contribution < -0.4 is 5.32 Å². The summed E-state index contributed by atoms with van der Waals surface area (Å²) in [5, 5.41) is 11.7. The summed E-state index contributed by atoms with van der Waals surface area (Å²) >= 11 is 0. The lowest BCUT2D eigenvalue weighted by Gasteiger charge is -2.22. The maximum atomic E-state index is 11.9. The minimum atomic E-state index is -0.954. The second kappa shape index (κ2) is 6.04. The molecule has 0 saturated carbocycles. The van der Waals surface area contributed by atoms with Gasteiger partial charge in [-0.05, 0) is 12.8 Å². The largest absolute Gasteiger partial charge is 0.480 e. The molecule has 6 heteroatoms. The summed E-state index contributed by atoms with van der Waals surface area (Å²) in [5.41, 5.74) is -0.486. The average molecular weight is 270 g/mol. The lowest BCUT2D eigenvalue weighted by atomic mass is 9.96. The van der Waals surface area contributed by atoms with E-state index in [0.29, 0.717) is 13.0 Å². The molecule has 0 aliphatic carbocycles. The first-order valence-electron chi connectivity index (χ1n) is 6.54. The second-order valence-corrected chi connectivity index (χ2v) is 5.84. The highest BCUT2D eigenvalue weighted by molar-refractivity contribution is 5.85. The fraction of sp³-hybridized carbons (Fsp3) is 0.769. The molecular formula is C13H22N2O4. The van der Waals surface area contributed by atoms with E-state index in [2.05, 4.69) is 5.32 Å². The highest BCUT2D eigenvalue weighted by atomic mass is 16.4. The monoisotopic (exact) mass is 270 g/mol. The number of hydrogen-bond acceptors (Lipinski definition) is 3. The zero-order valence-electron chi connectivity index (χ0n) is 11.7. The molecule has 1 atom stereocenters. The molecule has 1 fully saturated rings. The van der Waals surface area contributed by atoms with Crippen LogP contribution in [0.25, 0.3) is 0 Å². The van der Waals surface area contributed by atoms with Crippen molar-refractivity contribution in [2.24, 2.45) is 5.41 Å². The lowest BCUT2D eigenvalue weighted by molar-refractivity contribution is -0.148. The number of hydrogen-bond donors (Lipinski definition) is 2. The van der Waals surface area contributed by atoms with Gasteiger partial charge < -0.3 is 15.3 Å². The lowest BCUT2D eigenvalue weighted by Crippen LogP contribution is -2.42. The molecule has 0 spiro atoms. The van der Waals surface area contributed by atoms with Crippen LogP contribution in [0.3, 0.4) is 0 Å². The van der Waals surface area contributed by atoms with Gasteiger partial charge in [0.1, 0.15) is 6.04 Å². The zero-order chi connectivity index (χ0) is 14.6. The van der Waals surface area contributed by atoms with Crippen LogP contribution in [-0.2, 0) is 14.4 Å². The molecule has 2 amide bonds. The summed E-state index contributed by atoms with van der Waals surface area (Å²) in [4.78, 5) is 35.9. The van der Waals surface area contributed by atoms with Crippen molar-refractivity contribution in [3.63, 3.8) is 0 Å². The first-order valence-corrected chi connectivity index (χ1v) is 6.54. The molecule has 1 aliphatic heterocycles. The number of nitrogens with one attached hydrogen (secondary N) is 1. The van der Waals surface area contributed by atoms with Gasteiger partial charge in [-0.3, -0.25) is 9.59 Å². The summed E-state index contributed by atoms with van der Waals surface area (Å²) in [6.45, 7) is 6.13. The van der Waals surface area contributed by atoms with Crippen molar-refractivity contribution in [1.82, 2.24) is 10.2 Å². The molecule has 1 saturated heterocycles. The standard InChI is InChI=1S/C13H22N2O4/c1-13(2,3)12(19)14-7-6-10(16)15-8-4-5-9(15)11(17)18/h9H,4-8H2,1-3H3,(H,14,19)(H,17,18). The number of carbonyl (C=O) groups is 3. The Morgan fingerprint density at radius 3 is 2.47 bits per heavy atom. The third kappa shape index (κ3) is 4.22. The van der Waals surface area contributed by atoms with Crippen molar-refractivity contribution >= 4 is 17.8 Å². The third-order valence-corrected chi connectivity index (χ3v) is 3.16. The van der Waals surface area contributed by atoms with E-state index in [-0.39, 0.29) is 24.8 Å².